The Kier molecular flexibility index (Phi) is 3.52. The molecule has 0 aliphatic rings. The fraction of sp³-hybridized carbons (Fsp3) is 0.444. The maximum absolute atomic E-state index is 8.57. The molecule has 0 radical (unpaired) electrons. The Bertz CT molecular complexity index is 276. The van der Waals surface area contributed by atoms with Gasteiger partial charge in [0.15, 0.2) is 0 Å². The monoisotopic (exact) mass is 181 g/mol. The van der Waals surface area contributed by atoms with Gasteiger partial charge in [0.1, 0.15) is 5.82 Å². The van der Waals surface area contributed by atoms with Crippen molar-refractivity contribution in [1.29, 1.82) is 0 Å². The van der Waals surface area contributed by atoms with Gasteiger partial charge in [0.25, 0.3) is 0 Å². The zero-order chi connectivity index (χ0) is 9.68. The normalized spacial score (nSPS) is 10.0. The summed E-state index contributed by atoms with van der Waals surface area (Å²) in [7, 11) is 0. The molecular weight excluding hydrogens is 166 g/mol. The second-order valence-corrected chi connectivity index (χ2v) is 2.95. The maximum atomic E-state index is 8.57. The lowest BCUT2D eigenvalue weighted by molar-refractivity contribution is 0.292. The fourth-order valence-corrected chi connectivity index (χ4v) is 1.03. The van der Waals surface area contributed by atoms with E-state index in [0.717, 1.165) is 5.56 Å². The van der Waals surface area contributed by atoms with Crippen LogP contribution >= 0.6 is 0 Å². The zero-order valence-corrected chi connectivity index (χ0v) is 7.75. The van der Waals surface area contributed by atoms with Crippen molar-refractivity contribution < 1.29 is 5.11 Å². The number of hydrogen-bond acceptors (Lipinski definition) is 4. The molecule has 0 atom stereocenters. The van der Waals surface area contributed by atoms with Crippen molar-refractivity contribution in [2.24, 2.45) is 0 Å². The Morgan fingerprint density at radius 3 is 3.00 bits per heavy atom. The summed E-state index contributed by atoms with van der Waals surface area (Å²) in [5, 5.41) is 11.6. The van der Waals surface area contributed by atoms with Crippen LogP contribution in [0.25, 0.3) is 0 Å². The van der Waals surface area contributed by atoms with Gasteiger partial charge < -0.3 is 16.2 Å². The Morgan fingerprint density at radius 2 is 2.38 bits per heavy atom. The molecule has 0 fully saturated rings. The molecule has 0 spiro atoms. The third-order valence-electron chi connectivity index (χ3n) is 1.68. The largest absolute Gasteiger partial charge is 0.396 e. The number of nitrogen functional groups attached to an aromatic ring is 1. The highest BCUT2D eigenvalue weighted by Gasteiger charge is 1.98. The van der Waals surface area contributed by atoms with Crippen LogP contribution in [-0.4, -0.2) is 23.2 Å². The van der Waals surface area contributed by atoms with Gasteiger partial charge >= 0.3 is 0 Å². The van der Waals surface area contributed by atoms with Crippen LogP contribution in [0.1, 0.15) is 12.0 Å². The SMILES string of the molecule is Cc1cnc(NCCCO)c(N)c1. The van der Waals surface area contributed by atoms with Crippen LogP contribution in [0.15, 0.2) is 12.3 Å². The van der Waals surface area contributed by atoms with Gasteiger partial charge in [0.2, 0.25) is 0 Å². The van der Waals surface area contributed by atoms with Gasteiger partial charge in [-0.15, -0.1) is 0 Å². The molecule has 0 bridgehead atoms. The highest BCUT2D eigenvalue weighted by molar-refractivity contribution is 5.61. The van der Waals surface area contributed by atoms with Crippen LogP contribution < -0.4 is 11.1 Å². The van der Waals surface area contributed by atoms with Crippen molar-refractivity contribution in [2.45, 2.75) is 13.3 Å². The second kappa shape index (κ2) is 4.67. The second-order valence-electron chi connectivity index (χ2n) is 2.95. The lowest BCUT2D eigenvalue weighted by Crippen LogP contribution is -2.07. The lowest BCUT2D eigenvalue weighted by atomic mass is 10.3. The molecule has 0 amide bonds. The molecule has 72 valence electrons. The Morgan fingerprint density at radius 1 is 1.62 bits per heavy atom. The van der Waals surface area contributed by atoms with Gasteiger partial charge in [-0.1, -0.05) is 0 Å². The molecule has 13 heavy (non-hydrogen) atoms. The highest BCUT2D eigenvalue weighted by atomic mass is 16.3. The van der Waals surface area contributed by atoms with Crippen molar-refractivity contribution in [2.75, 3.05) is 24.2 Å². The summed E-state index contributed by atoms with van der Waals surface area (Å²) in [4.78, 5) is 4.13. The summed E-state index contributed by atoms with van der Waals surface area (Å²) in [5.74, 6) is 0.694. The average Bonchev–Trinajstić information content (AvgIpc) is 2.09. The van der Waals surface area contributed by atoms with Crippen LogP contribution in [0, 0.1) is 6.92 Å². The molecule has 0 saturated heterocycles. The molecule has 0 saturated carbocycles. The van der Waals surface area contributed by atoms with E-state index in [1.54, 1.807) is 6.20 Å². The van der Waals surface area contributed by atoms with Crippen LogP contribution in [0.4, 0.5) is 11.5 Å². The van der Waals surface area contributed by atoms with Crippen molar-refractivity contribution >= 4 is 11.5 Å². The first kappa shape index (κ1) is 9.80. The maximum Gasteiger partial charge on any atom is 0.149 e. The minimum atomic E-state index is 0.179. The summed E-state index contributed by atoms with van der Waals surface area (Å²) in [5.41, 5.74) is 7.41. The number of anilines is 2. The van der Waals surface area contributed by atoms with Crippen LogP contribution in [0.5, 0.6) is 0 Å². The highest BCUT2D eigenvalue weighted by Crippen LogP contribution is 2.15. The van der Waals surface area contributed by atoms with Crippen LogP contribution in [0.2, 0.25) is 0 Å². The van der Waals surface area contributed by atoms with Gasteiger partial charge in [-0.2, -0.15) is 0 Å². The molecule has 1 aromatic heterocycles. The molecule has 0 aromatic carbocycles. The van der Waals surface area contributed by atoms with E-state index in [9.17, 15) is 0 Å². The van der Waals surface area contributed by atoms with E-state index in [0.29, 0.717) is 24.5 Å². The predicted molar refractivity (Wildman–Crippen MR) is 53.6 cm³/mol. The molecule has 0 unspecified atom stereocenters. The zero-order valence-electron chi connectivity index (χ0n) is 7.75. The third kappa shape index (κ3) is 2.91. The van der Waals surface area contributed by atoms with E-state index in [2.05, 4.69) is 10.3 Å². The summed E-state index contributed by atoms with van der Waals surface area (Å²) in [6.07, 6.45) is 2.46. The smallest absolute Gasteiger partial charge is 0.149 e. The van der Waals surface area contributed by atoms with Crippen molar-refractivity contribution in [3.63, 3.8) is 0 Å². The molecule has 0 aliphatic carbocycles. The number of hydrogen-bond donors (Lipinski definition) is 3. The number of aliphatic hydroxyl groups excluding tert-OH is 1. The van der Waals surface area contributed by atoms with Crippen LogP contribution in [-0.2, 0) is 0 Å². The molecule has 1 heterocycles. The quantitative estimate of drug-likeness (QED) is 0.600. The number of aryl methyl sites for hydroxylation is 1. The fourth-order valence-electron chi connectivity index (χ4n) is 1.03. The standard InChI is InChI=1S/C9H15N3O/c1-7-5-8(10)9(12-6-7)11-3-2-4-13/h5-6,13H,2-4,10H2,1H3,(H,11,12). The van der Waals surface area contributed by atoms with E-state index >= 15 is 0 Å². The summed E-state index contributed by atoms with van der Waals surface area (Å²) in [6, 6.07) is 1.87. The summed E-state index contributed by atoms with van der Waals surface area (Å²) >= 11 is 0. The Balaban J connectivity index is 2.56. The van der Waals surface area contributed by atoms with E-state index in [1.165, 1.54) is 0 Å². The molecule has 0 aliphatic heterocycles. The minimum Gasteiger partial charge on any atom is -0.396 e. The molecule has 4 heteroatoms. The van der Waals surface area contributed by atoms with Gasteiger partial charge in [0.05, 0.1) is 5.69 Å². The number of rotatable bonds is 4. The Labute approximate surface area is 77.8 Å². The third-order valence-corrected chi connectivity index (χ3v) is 1.68. The lowest BCUT2D eigenvalue weighted by Gasteiger charge is -2.07. The first-order chi connectivity index (χ1) is 6.24. The number of nitrogens with two attached hydrogens (primary N) is 1. The average molecular weight is 181 g/mol. The van der Waals surface area contributed by atoms with Crippen molar-refractivity contribution in [1.82, 2.24) is 4.98 Å². The van der Waals surface area contributed by atoms with E-state index < -0.39 is 0 Å². The summed E-state index contributed by atoms with van der Waals surface area (Å²) in [6.45, 7) is 2.82. The van der Waals surface area contributed by atoms with Gasteiger partial charge in [-0.25, -0.2) is 4.98 Å². The van der Waals surface area contributed by atoms with Gasteiger partial charge in [0, 0.05) is 19.3 Å². The first-order valence-electron chi connectivity index (χ1n) is 4.31. The number of aromatic nitrogens is 1. The van der Waals surface area contributed by atoms with Gasteiger partial charge in [-0.3, -0.25) is 0 Å². The number of nitrogens with one attached hydrogen (secondary N) is 1. The van der Waals surface area contributed by atoms with E-state index in [-0.39, 0.29) is 6.61 Å². The Hall–Kier alpha value is -1.29. The molecule has 4 N–H and O–H groups in total. The van der Waals surface area contributed by atoms with Crippen LogP contribution in [0.3, 0.4) is 0 Å². The van der Waals surface area contributed by atoms with Crippen molar-refractivity contribution in [3.8, 4) is 0 Å². The number of pyridine rings is 1. The summed E-state index contributed by atoms with van der Waals surface area (Å²) < 4.78 is 0. The molecule has 1 rings (SSSR count). The van der Waals surface area contributed by atoms with Crippen molar-refractivity contribution in [3.05, 3.63) is 17.8 Å². The predicted octanol–water partition coefficient (Wildman–Crippen LogP) is 0.767. The molecule has 4 nitrogen and oxygen atoms in total. The van der Waals surface area contributed by atoms with Gasteiger partial charge in [-0.05, 0) is 25.0 Å². The topological polar surface area (TPSA) is 71.2 Å². The first-order valence-corrected chi connectivity index (χ1v) is 4.31. The minimum absolute atomic E-state index is 0.179. The van der Waals surface area contributed by atoms with E-state index in [1.807, 2.05) is 13.0 Å². The molecular formula is C9H15N3O. The molecule has 1 aromatic rings. The number of aliphatic hydroxyl groups is 1. The number of nitrogens with zero attached hydrogens (tertiary/aromatic N) is 1. The van der Waals surface area contributed by atoms with E-state index in [4.69, 9.17) is 10.8 Å².